The smallest absolute Gasteiger partial charge is 0.207 e. The fourth-order valence-electron chi connectivity index (χ4n) is 2.40. The second-order valence-corrected chi connectivity index (χ2v) is 7.70. The fourth-order valence-corrected chi connectivity index (χ4v) is 4.23. The lowest BCUT2D eigenvalue weighted by Gasteiger charge is -2.11. The highest BCUT2D eigenvalue weighted by Gasteiger charge is 2.19. The van der Waals surface area contributed by atoms with Gasteiger partial charge < -0.3 is 0 Å². The SMILES string of the molecule is O=S(=O)(NCc1ccc(F)cc1Cl)c1cccc2cccc(Cl)c12. The van der Waals surface area contributed by atoms with E-state index in [1.807, 2.05) is 0 Å². The molecule has 0 bridgehead atoms. The summed E-state index contributed by atoms with van der Waals surface area (Å²) in [6, 6.07) is 13.9. The fraction of sp³-hybridized carbons (Fsp3) is 0.0588. The van der Waals surface area contributed by atoms with Gasteiger partial charge in [-0.3, -0.25) is 0 Å². The van der Waals surface area contributed by atoms with E-state index in [0.717, 1.165) is 11.5 Å². The van der Waals surface area contributed by atoms with Crippen LogP contribution in [0.15, 0.2) is 59.5 Å². The summed E-state index contributed by atoms with van der Waals surface area (Å²) in [5, 5.41) is 1.70. The highest BCUT2D eigenvalue weighted by molar-refractivity contribution is 7.89. The number of hydrogen-bond acceptors (Lipinski definition) is 2. The molecule has 3 aromatic carbocycles. The van der Waals surface area contributed by atoms with E-state index in [4.69, 9.17) is 23.2 Å². The molecule has 7 heteroatoms. The van der Waals surface area contributed by atoms with Crippen molar-refractivity contribution in [3.63, 3.8) is 0 Å². The normalized spacial score (nSPS) is 11.8. The number of rotatable bonds is 4. The summed E-state index contributed by atoms with van der Waals surface area (Å²) in [4.78, 5) is 0.0869. The van der Waals surface area contributed by atoms with Crippen LogP contribution in [0.1, 0.15) is 5.56 Å². The molecule has 1 N–H and O–H groups in total. The van der Waals surface area contributed by atoms with Crippen LogP contribution in [0.2, 0.25) is 10.0 Å². The van der Waals surface area contributed by atoms with Crippen molar-refractivity contribution in [2.24, 2.45) is 0 Å². The monoisotopic (exact) mass is 383 g/mol. The zero-order chi connectivity index (χ0) is 17.3. The van der Waals surface area contributed by atoms with Gasteiger partial charge in [0.25, 0.3) is 0 Å². The van der Waals surface area contributed by atoms with Crippen LogP contribution in [-0.4, -0.2) is 8.42 Å². The summed E-state index contributed by atoms with van der Waals surface area (Å²) < 4.78 is 40.9. The summed E-state index contributed by atoms with van der Waals surface area (Å²) in [7, 11) is -3.82. The van der Waals surface area contributed by atoms with Gasteiger partial charge in [-0.2, -0.15) is 0 Å². The van der Waals surface area contributed by atoms with Crippen LogP contribution in [0.25, 0.3) is 10.8 Å². The third-order valence-corrected chi connectivity index (χ3v) is 5.68. The molecule has 0 atom stereocenters. The van der Waals surface area contributed by atoms with Gasteiger partial charge in [0.2, 0.25) is 10.0 Å². The maximum Gasteiger partial charge on any atom is 0.241 e. The van der Waals surface area contributed by atoms with Crippen LogP contribution in [0.3, 0.4) is 0 Å². The summed E-state index contributed by atoms with van der Waals surface area (Å²) in [6.45, 7) is -0.0533. The van der Waals surface area contributed by atoms with Crippen molar-refractivity contribution in [2.75, 3.05) is 0 Å². The number of sulfonamides is 1. The van der Waals surface area contributed by atoms with Crippen molar-refractivity contribution in [1.29, 1.82) is 0 Å². The Kier molecular flexibility index (Phi) is 4.78. The molecule has 0 unspecified atom stereocenters. The second kappa shape index (κ2) is 6.69. The Bertz CT molecular complexity index is 1020. The number of benzene rings is 3. The zero-order valence-corrected chi connectivity index (χ0v) is 14.6. The first-order chi connectivity index (χ1) is 11.4. The molecular weight excluding hydrogens is 372 g/mol. The van der Waals surface area contributed by atoms with Crippen LogP contribution < -0.4 is 4.72 Å². The van der Waals surface area contributed by atoms with E-state index in [1.54, 1.807) is 30.3 Å². The topological polar surface area (TPSA) is 46.2 Å². The van der Waals surface area contributed by atoms with Gasteiger partial charge in [-0.25, -0.2) is 17.5 Å². The van der Waals surface area contributed by atoms with E-state index in [9.17, 15) is 12.8 Å². The Morgan fingerprint density at radius 1 is 0.958 bits per heavy atom. The predicted octanol–water partition coefficient (Wildman–Crippen LogP) is 4.76. The van der Waals surface area contributed by atoms with Crippen LogP contribution >= 0.6 is 23.2 Å². The Labute approximate surface area is 149 Å². The van der Waals surface area contributed by atoms with Gasteiger partial charge in [0.1, 0.15) is 5.82 Å². The molecule has 0 saturated carbocycles. The third-order valence-electron chi connectivity index (χ3n) is 3.57. The first kappa shape index (κ1) is 17.2. The third kappa shape index (κ3) is 3.39. The molecule has 0 amide bonds. The summed E-state index contributed by atoms with van der Waals surface area (Å²) in [5.74, 6) is -0.479. The van der Waals surface area contributed by atoms with Gasteiger partial charge in [-0.15, -0.1) is 0 Å². The highest BCUT2D eigenvalue weighted by Crippen LogP contribution is 2.30. The second-order valence-electron chi connectivity index (χ2n) is 5.15. The largest absolute Gasteiger partial charge is 0.241 e. The maximum atomic E-state index is 13.1. The molecule has 0 radical (unpaired) electrons. The molecule has 3 aromatic rings. The molecular formula is C17H12Cl2FNO2S. The Morgan fingerprint density at radius 3 is 2.38 bits per heavy atom. The number of fused-ring (bicyclic) bond motifs is 1. The molecule has 3 rings (SSSR count). The minimum absolute atomic E-state index is 0.0533. The minimum Gasteiger partial charge on any atom is -0.207 e. The van der Waals surface area contributed by atoms with Gasteiger partial charge >= 0.3 is 0 Å². The average molecular weight is 384 g/mol. The number of nitrogens with one attached hydrogen (secondary N) is 1. The van der Waals surface area contributed by atoms with Gasteiger partial charge in [0.05, 0.1) is 4.90 Å². The molecule has 0 aliphatic carbocycles. The number of hydrogen-bond donors (Lipinski definition) is 1. The van der Waals surface area contributed by atoms with E-state index in [0.29, 0.717) is 16.0 Å². The van der Waals surface area contributed by atoms with Crippen molar-refractivity contribution < 1.29 is 12.8 Å². The zero-order valence-electron chi connectivity index (χ0n) is 12.3. The Balaban J connectivity index is 1.97. The first-order valence-electron chi connectivity index (χ1n) is 6.99. The van der Waals surface area contributed by atoms with Gasteiger partial charge in [-0.05, 0) is 35.2 Å². The highest BCUT2D eigenvalue weighted by atomic mass is 35.5. The van der Waals surface area contributed by atoms with Crippen molar-refractivity contribution in [1.82, 2.24) is 4.72 Å². The summed E-state index contributed by atoms with van der Waals surface area (Å²) >= 11 is 12.1. The van der Waals surface area contributed by atoms with Gasteiger partial charge in [0.15, 0.2) is 0 Å². The van der Waals surface area contributed by atoms with Crippen LogP contribution in [0, 0.1) is 5.82 Å². The Hall–Kier alpha value is -1.66. The van der Waals surface area contributed by atoms with Crippen LogP contribution in [0.5, 0.6) is 0 Å². The van der Waals surface area contributed by atoms with E-state index >= 15 is 0 Å². The predicted molar refractivity (Wildman–Crippen MR) is 94.4 cm³/mol. The summed E-state index contributed by atoms with van der Waals surface area (Å²) in [6.07, 6.45) is 0. The lowest BCUT2D eigenvalue weighted by Crippen LogP contribution is -2.23. The summed E-state index contributed by atoms with van der Waals surface area (Å²) in [5.41, 5.74) is 0.480. The van der Waals surface area contributed by atoms with E-state index in [2.05, 4.69) is 4.72 Å². The molecule has 0 aromatic heterocycles. The van der Waals surface area contributed by atoms with Crippen molar-refractivity contribution in [3.05, 3.63) is 76.0 Å². The molecule has 0 aliphatic rings. The molecule has 24 heavy (non-hydrogen) atoms. The van der Waals surface area contributed by atoms with Crippen LogP contribution in [0.4, 0.5) is 4.39 Å². The van der Waals surface area contributed by atoms with E-state index in [1.165, 1.54) is 18.2 Å². The Morgan fingerprint density at radius 2 is 1.67 bits per heavy atom. The van der Waals surface area contributed by atoms with Crippen molar-refractivity contribution in [3.8, 4) is 0 Å². The molecule has 0 heterocycles. The lowest BCUT2D eigenvalue weighted by molar-refractivity contribution is 0.582. The van der Waals surface area contributed by atoms with Crippen molar-refractivity contribution in [2.45, 2.75) is 11.4 Å². The first-order valence-corrected chi connectivity index (χ1v) is 9.23. The molecule has 0 spiro atoms. The quantitative estimate of drug-likeness (QED) is 0.705. The number of halogens is 3. The standard InChI is InChI=1S/C17H12Cl2FNO2S/c18-14-5-1-3-11-4-2-6-16(17(11)14)24(22,23)21-10-12-7-8-13(20)9-15(12)19/h1-9,21H,10H2. The average Bonchev–Trinajstić information content (AvgIpc) is 2.54. The molecule has 3 nitrogen and oxygen atoms in total. The van der Waals surface area contributed by atoms with E-state index < -0.39 is 15.8 Å². The van der Waals surface area contributed by atoms with Crippen molar-refractivity contribution >= 4 is 44.0 Å². The minimum atomic E-state index is -3.82. The molecule has 124 valence electrons. The molecule has 0 aliphatic heterocycles. The lowest BCUT2D eigenvalue weighted by atomic mass is 10.1. The molecule has 0 fully saturated rings. The van der Waals surface area contributed by atoms with E-state index in [-0.39, 0.29) is 16.5 Å². The van der Waals surface area contributed by atoms with Gasteiger partial charge in [-0.1, -0.05) is 53.5 Å². The van der Waals surface area contributed by atoms with Crippen LogP contribution in [-0.2, 0) is 16.6 Å². The molecule has 0 saturated heterocycles. The van der Waals surface area contributed by atoms with Gasteiger partial charge in [0, 0.05) is 22.0 Å². The maximum absolute atomic E-state index is 13.1.